The van der Waals surface area contributed by atoms with E-state index < -0.39 is 0 Å². The predicted octanol–water partition coefficient (Wildman–Crippen LogP) is 4.13. The van der Waals surface area contributed by atoms with E-state index >= 15 is 0 Å². The highest BCUT2D eigenvalue weighted by molar-refractivity contribution is 7.09. The zero-order valence-corrected chi connectivity index (χ0v) is 13.8. The molecule has 0 radical (unpaired) electrons. The molecule has 1 N–H and O–H groups in total. The van der Waals surface area contributed by atoms with Gasteiger partial charge in [-0.15, -0.1) is 11.3 Å². The summed E-state index contributed by atoms with van der Waals surface area (Å²) in [4.78, 5) is 4.71. The van der Waals surface area contributed by atoms with Gasteiger partial charge in [-0.1, -0.05) is 37.3 Å². The van der Waals surface area contributed by atoms with Crippen LogP contribution in [0, 0.1) is 0 Å². The number of hydrogen-bond donors (Lipinski definition) is 1. The molecule has 2 aromatic rings. The monoisotopic (exact) mass is 304 g/mol. The molecule has 3 nitrogen and oxygen atoms in total. The van der Waals surface area contributed by atoms with Crippen molar-refractivity contribution in [3.63, 3.8) is 0 Å². The van der Waals surface area contributed by atoms with Crippen LogP contribution < -0.4 is 5.32 Å². The fraction of sp³-hybridized carbons (Fsp3) is 0.471. The van der Waals surface area contributed by atoms with Crippen LogP contribution in [0.2, 0.25) is 0 Å². The summed E-state index contributed by atoms with van der Waals surface area (Å²) in [7, 11) is 1.72. The molecule has 2 unspecified atom stereocenters. The second-order valence-electron chi connectivity index (χ2n) is 5.18. The molecule has 2 rings (SSSR count). The Kier molecular flexibility index (Phi) is 6.36. The Labute approximate surface area is 131 Å². The molecular formula is C17H24N2OS. The number of thiazole rings is 1. The van der Waals surface area contributed by atoms with Crippen LogP contribution in [0.15, 0.2) is 35.7 Å². The smallest absolute Gasteiger partial charge is 0.121 e. The van der Waals surface area contributed by atoms with E-state index in [0.29, 0.717) is 6.04 Å². The molecule has 0 bridgehead atoms. The van der Waals surface area contributed by atoms with Crippen molar-refractivity contribution < 1.29 is 4.74 Å². The Hall–Kier alpha value is -1.23. The predicted molar refractivity (Wildman–Crippen MR) is 88.7 cm³/mol. The molecule has 0 aliphatic rings. The van der Waals surface area contributed by atoms with E-state index in [1.165, 1.54) is 5.56 Å². The molecule has 0 amide bonds. The van der Waals surface area contributed by atoms with E-state index in [4.69, 9.17) is 9.72 Å². The van der Waals surface area contributed by atoms with Crippen molar-refractivity contribution in [2.24, 2.45) is 0 Å². The molecule has 0 aliphatic heterocycles. The molecule has 0 aliphatic carbocycles. The first-order valence-electron chi connectivity index (χ1n) is 7.50. The van der Waals surface area contributed by atoms with Gasteiger partial charge >= 0.3 is 0 Å². The highest BCUT2D eigenvalue weighted by atomic mass is 32.1. The number of aromatic nitrogens is 1. The average molecular weight is 304 g/mol. The summed E-state index contributed by atoms with van der Waals surface area (Å²) >= 11 is 1.68. The van der Waals surface area contributed by atoms with Gasteiger partial charge < -0.3 is 10.1 Å². The van der Waals surface area contributed by atoms with E-state index in [2.05, 4.69) is 48.0 Å². The molecule has 1 heterocycles. The van der Waals surface area contributed by atoms with Crippen LogP contribution in [0.1, 0.15) is 48.7 Å². The van der Waals surface area contributed by atoms with Crippen LogP contribution in [-0.2, 0) is 11.2 Å². The molecule has 21 heavy (non-hydrogen) atoms. The van der Waals surface area contributed by atoms with Gasteiger partial charge in [0.1, 0.15) is 11.1 Å². The maximum atomic E-state index is 5.34. The minimum absolute atomic E-state index is 0.0718. The van der Waals surface area contributed by atoms with Gasteiger partial charge in [-0.25, -0.2) is 4.98 Å². The number of nitrogens with one attached hydrogen (secondary N) is 1. The van der Waals surface area contributed by atoms with E-state index in [1.54, 1.807) is 18.4 Å². The number of methoxy groups -OCH3 is 1. The summed E-state index contributed by atoms with van der Waals surface area (Å²) in [5.41, 5.74) is 2.46. The topological polar surface area (TPSA) is 34.1 Å². The van der Waals surface area contributed by atoms with Gasteiger partial charge in [-0.2, -0.15) is 0 Å². The van der Waals surface area contributed by atoms with Crippen LogP contribution in [0.5, 0.6) is 0 Å². The lowest BCUT2D eigenvalue weighted by molar-refractivity contribution is 0.119. The lowest BCUT2D eigenvalue weighted by Crippen LogP contribution is -2.24. The summed E-state index contributed by atoms with van der Waals surface area (Å²) in [6.07, 6.45) is 2.12. The number of hydrogen-bond acceptors (Lipinski definition) is 4. The Balaban J connectivity index is 2.09. The summed E-state index contributed by atoms with van der Waals surface area (Å²) in [5.74, 6) is 0. The number of rotatable bonds is 8. The van der Waals surface area contributed by atoms with Crippen LogP contribution >= 0.6 is 11.3 Å². The van der Waals surface area contributed by atoms with Gasteiger partial charge in [0.15, 0.2) is 0 Å². The minimum atomic E-state index is 0.0718. The van der Waals surface area contributed by atoms with Crippen molar-refractivity contribution in [2.45, 2.75) is 38.8 Å². The molecule has 4 heteroatoms. The van der Waals surface area contributed by atoms with E-state index in [-0.39, 0.29) is 6.10 Å². The highest BCUT2D eigenvalue weighted by Crippen LogP contribution is 2.24. The molecule has 2 atom stereocenters. The van der Waals surface area contributed by atoms with E-state index in [9.17, 15) is 0 Å². The van der Waals surface area contributed by atoms with Crippen molar-refractivity contribution in [2.75, 3.05) is 13.7 Å². The van der Waals surface area contributed by atoms with Crippen molar-refractivity contribution in [3.8, 4) is 0 Å². The molecule has 1 aromatic heterocycles. The largest absolute Gasteiger partial charge is 0.375 e. The van der Waals surface area contributed by atoms with E-state index in [0.717, 1.165) is 30.1 Å². The molecule has 0 saturated carbocycles. The summed E-state index contributed by atoms with van der Waals surface area (Å²) in [6, 6.07) is 10.9. The summed E-state index contributed by atoms with van der Waals surface area (Å²) in [5, 5.41) is 6.82. The van der Waals surface area contributed by atoms with Crippen LogP contribution in [0.25, 0.3) is 0 Å². The molecule has 114 valence electrons. The molecular weight excluding hydrogens is 280 g/mol. The standard InChI is InChI=1S/C17H24N2OS/c1-4-10-18-16(14-8-6-5-7-9-14)11-15-12-21-17(19-15)13(2)20-3/h5-9,12-13,16,18H,4,10-11H2,1-3H3. The maximum Gasteiger partial charge on any atom is 0.121 e. The lowest BCUT2D eigenvalue weighted by Gasteiger charge is -2.18. The van der Waals surface area contributed by atoms with Gasteiger partial charge in [0, 0.05) is 25.0 Å². The van der Waals surface area contributed by atoms with Crippen LogP contribution in [-0.4, -0.2) is 18.6 Å². The van der Waals surface area contributed by atoms with Gasteiger partial charge in [0.2, 0.25) is 0 Å². The SMILES string of the molecule is CCCNC(Cc1csc(C(C)OC)n1)c1ccccc1. The van der Waals surface area contributed by atoms with Crippen molar-refractivity contribution in [1.82, 2.24) is 10.3 Å². The first-order chi connectivity index (χ1) is 10.2. The Bertz CT molecular complexity index is 527. The fourth-order valence-electron chi connectivity index (χ4n) is 2.22. The van der Waals surface area contributed by atoms with Crippen molar-refractivity contribution >= 4 is 11.3 Å². The normalized spacial score (nSPS) is 14.0. The number of benzene rings is 1. The first-order valence-corrected chi connectivity index (χ1v) is 8.38. The zero-order chi connectivity index (χ0) is 15.1. The third-order valence-corrected chi connectivity index (χ3v) is 4.58. The minimum Gasteiger partial charge on any atom is -0.375 e. The van der Waals surface area contributed by atoms with Crippen molar-refractivity contribution in [1.29, 1.82) is 0 Å². The highest BCUT2D eigenvalue weighted by Gasteiger charge is 2.15. The molecule has 0 spiro atoms. The zero-order valence-electron chi connectivity index (χ0n) is 13.0. The third kappa shape index (κ3) is 4.63. The lowest BCUT2D eigenvalue weighted by atomic mass is 10.0. The van der Waals surface area contributed by atoms with Crippen molar-refractivity contribution in [3.05, 3.63) is 52.0 Å². The van der Waals surface area contributed by atoms with Gasteiger partial charge in [0.25, 0.3) is 0 Å². The van der Waals surface area contributed by atoms with Crippen LogP contribution in [0.3, 0.4) is 0 Å². The molecule has 0 saturated heterocycles. The first kappa shape index (κ1) is 16.1. The maximum absolute atomic E-state index is 5.34. The van der Waals surface area contributed by atoms with Gasteiger partial charge in [-0.05, 0) is 25.5 Å². The Morgan fingerprint density at radius 2 is 2.05 bits per heavy atom. The van der Waals surface area contributed by atoms with Crippen LogP contribution in [0.4, 0.5) is 0 Å². The Morgan fingerprint density at radius 3 is 2.71 bits per heavy atom. The average Bonchev–Trinajstić information content (AvgIpc) is 3.00. The van der Waals surface area contributed by atoms with Gasteiger partial charge in [0.05, 0.1) is 5.69 Å². The summed E-state index contributed by atoms with van der Waals surface area (Å²) < 4.78 is 5.34. The molecule has 0 fully saturated rings. The third-order valence-electron chi connectivity index (χ3n) is 3.53. The van der Waals surface area contributed by atoms with Gasteiger partial charge in [-0.3, -0.25) is 0 Å². The van der Waals surface area contributed by atoms with E-state index in [1.807, 2.05) is 6.92 Å². The molecule has 1 aromatic carbocycles. The summed E-state index contributed by atoms with van der Waals surface area (Å²) in [6.45, 7) is 5.24. The second kappa shape index (κ2) is 8.27. The number of nitrogens with zero attached hydrogens (tertiary/aromatic N) is 1. The number of ether oxygens (including phenoxy) is 1. The second-order valence-corrected chi connectivity index (χ2v) is 6.07. The fourth-order valence-corrected chi connectivity index (χ4v) is 3.09. The Morgan fingerprint density at radius 1 is 1.29 bits per heavy atom. The quantitative estimate of drug-likeness (QED) is 0.796.